The van der Waals surface area contributed by atoms with Crippen molar-refractivity contribution < 1.29 is 33.7 Å². The number of cyclic esters (lactones) is 1. The van der Waals surface area contributed by atoms with Crippen LogP contribution in [0.1, 0.15) is 32.1 Å². The summed E-state index contributed by atoms with van der Waals surface area (Å²) < 4.78 is 17.6. The minimum atomic E-state index is -1.21. The predicted molar refractivity (Wildman–Crippen MR) is 133 cm³/mol. The molecular weight excluding hydrogens is 478 g/mol. The van der Waals surface area contributed by atoms with Gasteiger partial charge in [0.2, 0.25) is 11.8 Å². The quantitative estimate of drug-likeness (QED) is 0.279. The third-order valence-corrected chi connectivity index (χ3v) is 8.28. The molecule has 1 spiro atoms. The molecule has 3 saturated heterocycles. The van der Waals surface area contributed by atoms with Crippen LogP contribution in [0.4, 0.5) is 0 Å². The molecule has 37 heavy (non-hydrogen) atoms. The number of likely N-dealkylation sites (tertiary alicyclic amines) is 1. The standard InChI is InChI=1S/C27H39N3O7/c31-16-5-2-4-11-30-23-25(33)29(13-12-28-14-18-35-19-15-28)10-7-9-27(23)22(24(30)32)21-20(37-27)8-3-1-6-17-36-26(21)34/h3,7-9,20-23,31H,1-2,4-6,10-19H2/b8-3-/t20-,21+,22-,23?,27-/m0/s1. The summed E-state index contributed by atoms with van der Waals surface area (Å²) in [5.41, 5.74) is -1.21. The lowest BCUT2D eigenvalue weighted by Gasteiger charge is -2.36. The molecule has 3 fully saturated rings. The van der Waals surface area contributed by atoms with Crippen LogP contribution in [0, 0.1) is 11.8 Å². The fourth-order valence-electron chi connectivity index (χ4n) is 6.40. The zero-order chi connectivity index (χ0) is 25.8. The summed E-state index contributed by atoms with van der Waals surface area (Å²) in [6.45, 7) is 5.54. The minimum Gasteiger partial charge on any atom is -0.465 e. The van der Waals surface area contributed by atoms with Crippen LogP contribution in [-0.4, -0.2) is 121 Å². The van der Waals surface area contributed by atoms with Gasteiger partial charge in [0.1, 0.15) is 17.6 Å². The van der Waals surface area contributed by atoms with Gasteiger partial charge in [0.05, 0.1) is 31.8 Å². The Balaban J connectivity index is 1.44. The van der Waals surface area contributed by atoms with Gasteiger partial charge in [-0.25, -0.2) is 0 Å². The van der Waals surface area contributed by atoms with Gasteiger partial charge in [0, 0.05) is 45.9 Å². The monoisotopic (exact) mass is 517 g/mol. The van der Waals surface area contributed by atoms with Crippen LogP contribution in [0.3, 0.4) is 0 Å². The normalized spacial score (nSPS) is 35.2. The van der Waals surface area contributed by atoms with E-state index in [2.05, 4.69) is 4.90 Å². The van der Waals surface area contributed by atoms with Crippen molar-refractivity contribution in [1.82, 2.24) is 14.7 Å². The number of rotatable bonds is 8. The molecule has 10 nitrogen and oxygen atoms in total. The van der Waals surface area contributed by atoms with Gasteiger partial charge in [-0.15, -0.1) is 0 Å². The van der Waals surface area contributed by atoms with E-state index in [4.69, 9.17) is 14.2 Å². The maximum atomic E-state index is 14.2. The summed E-state index contributed by atoms with van der Waals surface area (Å²) in [5.74, 6) is -2.39. The predicted octanol–water partition coefficient (Wildman–Crippen LogP) is 0.354. The van der Waals surface area contributed by atoms with Gasteiger partial charge in [-0.1, -0.05) is 24.3 Å². The lowest BCUT2D eigenvalue weighted by molar-refractivity contribution is -0.154. The van der Waals surface area contributed by atoms with E-state index in [1.807, 2.05) is 29.2 Å². The second-order valence-electron chi connectivity index (χ2n) is 10.5. The first-order chi connectivity index (χ1) is 18.1. The summed E-state index contributed by atoms with van der Waals surface area (Å²) in [7, 11) is 0. The van der Waals surface area contributed by atoms with Crippen molar-refractivity contribution in [3.8, 4) is 0 Å². The van der Waals surface area contributed by atoms with Crippen LogP contribution in [0.25, 0.3) is 0 Å². The Kier molecular flexibility index (Phi) is 8.28. The highest BCUT2D eigenvalue weighted by molar-refractivity contribution is 5.99. The fraction of sp³-hybridized carbons (Fsp3) is 0.741. The van der Waals surface area contributed by atoms with Crippen molar-refractivity contribution in [3.63, 3.8) is 0 Å². The maximum absolute atomic E-state index is 14.2. The van der Waals surface area contributed by atoms with Crippen LogP contribution in [0.15, 0.2) is 24.3 Å². The second kappa shape index (κ2) is 11.6. The highest BCUT2D eigenvalue weighted by Gasteiger charge is 2.71. The highest BCUT2D eigenvalue weighted by atomic mass is 16.6. The number of aliphatic hydroxyl groups excluding tert-OH is 1. The van der Waals surface area contributed by atoms with Crippen LogP contribution in [0.5, 0.6) is 0 Å². The minimum absolute atomic E-state index is 0.0893. The summed E-state index contributed by atoms with van der Waals surface area (Å²) in [5, 5.41) is 9.20. The molecule has 1 unspecified atom stereocenters. The molecule has 0 bridgehead atoms. The number of morpholine rings is 1. The highest BCUT2D eigenvalue weighted by Crippen LogP contribution is 2.53. The lowest BCUT2D eigenvalue weighted by atomic mass is 9.78. The number of unbranched alkanes of at least 4 members (excludes halogenated alkanes) is 2. The first-order valence-corrected chi connectivity index (χ1v) is 13.8. The van der Waals surface area contributed by atoms with Crippen LogP contribution < -0.4 is 0 Å². The molecule has 0 aromatic heterocycles. The molecule has 5 atom stereocenters. The zero-order valence-corrected chi connectivity index (χ0v) is 21.5. The topological polar surface area (TPSA) is 109 Å². The van der Waals surface area contributed by atoms with Gasteiger partial charge in [-0.05, 0) is 32.1 Å². The molecule has 0 aromatic carbocycles. The number of amides is 2. The van der Waals surface area contributed by atoms with Gasteiger partial charge < -0.3 is 29.1 Å². The van der Waals surface area contributed by atoms with Gasteiger partial charge in [-0.3, -0.25) is 19.3 Å². The number of nitrogens with zero attached hydrogens (tertiary/aromatic N) is 3. The number of fused-ring (bicyclic) bond motifs is 2. The van der Waals surface area contributed by atoms with Gasteiger partial charge in [0.25, 0.3) is 0 Å². The Morgan fingerprint density at radius 3 is 2.62 bits per heavy atom. The molecule has 10 heteroatoms. The van der Waals surface area contributed by atoms with E-state index in [1.165, 1.54) is 0 Å². The molecule has 0 aromatic rings. The van der Waals surface area contributed by atoms with Crippen molar-refractivity contribution in [3.05, 3.63) is 24.3 Å². The summed E-state index contributed by atoms with van der Waals surface area (Å²) >= 11 is 0. The van der Waals surface area contributed by atoms with Crippen molar-refractivity contribution in [2.75, 3.05) is 65.7 Å². The second-order valence-corrected chi connectivity index (χ2v) is 10.5. The summed E-state index contributed by atoms with van der Waals surface area (Å²) in [6, 6.07) is -0.834. The third-order valence-electron chi connectivity index (χ3n) is 8.28. The molecule has 1 N–H and O–H groups in total. The first kappa shape index (κ1) is 26.3. The Hall–Kier alpha value is -2.27. The molecule has 2 amide bonds. The van der Waals surface area contributed by atoms with Crippen molar-refractivity contribution in [2.45, 2.75) is 49.9 Å². The molecule has 5 aliphatic heterocycles. The number of carbonyl (C=O) groups excluding carboxylic acids is 3. The lowest BCUT2D eigenvalue weighted by Crippen LogP contribution is -2.56. The third kappa shape index (κ3) is 5.08. The van der Waals surface area contributed by atoms with Crippen molar-refractivity contribution in [2.24, 2.45) is 11.8 Å². The molecule has 5 rings (SSSR count). The number of esters is 1. The van der Waals surface area contributed by atoms with E-state index >= 15 is 0 Å². The molecule has 204 valence electrons. The van der Waals surface area contributed by atoms with Gasteiger partial charge >= 0.3 is 5.97 Å². The Morgan fingerprint density at radius 1 is 0.973 bits per heavy atom. The Labute approximate surface area is 218 Å². The zero-order valence-electron chi connectivity index (χ0n) is 21.5. The summed E-state index contributed by atoms with van der Waals surface area (Å²) in [6.07, 6.45) is 10.6. The van der Waals surface area contributed by atoms with Crippen LogP contribution in [0.2, 0.25) is 0 Å². The largest absolute Gasteiger partial charge is 0.465 e. The van der Waals surface area contributed by atoms with Gasteiger partial charge in [-0.2, -0.15) is 0 Å². The number of hydrogen-bond acceptors (Lipinski definition) is 8. The molecule has 5 aliphatic rings. The van der Waals surface area contributed by atoms with E-state index < -0.39 is 35.6 Å². The van der Waals surface area contributed by atoms with Crippen molar-refractivity contribution in [1.29, 1.82) is 0 Å². The molecular formula is C27H39N3O7. The van der Waals surface area contributed by atoms with E-state index in [1.54, 1.807) is 4.90 Å². The Morgan fingerprint density at radius 2 is 1.81 bits per heavy atom. The molecule has 0 aliphatic carbocycles. The van der Waals surface area contributed by atoms with Crippen molar-refractivity contribution >= 4 is 17.8 Å². The summed E-state index contributed by atoms with van der Waals surface area (Å²) in [4.78, 5) is 47.1. The van der Waals surface area contributed by atoms with E-state index in [-0.39, 0.29) is 18.4 Å². The number of hydrogen-bond donors (Lipinski definition) is 1. The smallest absolute Gasteiger partial charge is 0.312 e. The van der Waals surface area contributed by atoms with E-state index in [9.17, 15) is 19.5 Å². The SMILES string of the molecule is O=C1OCCC/C=C\[C@@H]2O[C@]34C=CCN(CCN5CCOCC5)C(=O)C3N(CCCCCO)C(=O)[C@@H]4[C@H]12. The first-order valence-electron chi connectivity index (χ1n) is 13.8. The molecule has 5 heterocycles. The van der Waals surface area contributed by atoms with E-state index in [0.29, 0.717) is 52.3 Å². The van der Waals surface area contributed by atoms with E-state index in [0.717, 1.165) is 38.9 Å². The van der Waals surface area contributed by atoms with Crippen LogP contribution in [-0.2, 0) is 28.6 Å². The number of aliphatic hydroxyl groups is 1. The Bertz CT molecular complexity index is 918. The number of ether oxygens (including phenoxy) is 3. The molecule has 0 radical (unpaired) electrons. The average Bonchev–Trinajstić information content (AvgIpc) is 3.31. The molecule has 0 saturated carbocycles. The average molecular weight is 518 g/mol. The number of allylic oxidation sites excluding steroid dienone is 1. The van der Waals surface area contributed by atoms with Crippen LogP contribution >= 0.6 is 0 Å². The fourth-order valence-corrected chi connectivity index (χ4v) is 6.40. The maximum Gasteiger partial charge on any atom is 0.312 e. The van der Waals surface area contributed by atoms with Gasteiger partial charge in [0.15, 0.2) is 0 Å². The number of carbonyl (C=O) groups is 3.